The second kappa shape index (κ2) is 60.6. The number of hydrogen-bond donors (Lipinski definition) is 3. The summed E-state index contributed by atoms with van der Waals surface area (Å²) in [6.07, 6.45) is 75.8. The summed E-state index contributed by atoms with van der Waals surface area (Å²) in [5.74, 6) is -0.0392. The summed E-state index contributed by atoms with van der Waals surface area (Å²) < 4.78 is 5.47. The minimum absolute atomic E-state index is 0.000537. The third kappa shape index (κ3) is 57.2. The van der Waals surface area contributed by atoms with E-state index in [1.54, 1.807) is 0 Å². The maximum absolute atomic E-state index is 12.5. The molecule has 0 fully saturated rings. The Balaban J connectivity index is 3.43. The summed E-state index contributed by atoms with van der Waals surface area (Å²) in [6, 6.07) is -0.546. The van der Waals surface area contributed by atoms with E-state index in [4.69, 9.17) is 4.74 Å². The normalized spacial score (nSPS) is 12.8. The molecule has 0 saturated carbocycles. The Hall–Kier alpha value is -1.92. The first kappa shape index (κ1) is 69.1. The number of hydrogen-bond acceptors (Lipinski definition) is 5. The van der Waals surface area contributed by atoms with Gasteiger partial charge in [0.05, 0.1) is 25.4 Å². The number of allylic oxidation sites excluding steroid dienone is 6. The van der Waals surface area contributed by atoms with Crippen molar-refractivity contribution >= 4 is 11.9 Å². The van der Waals surface area contributed by atoms with Gasteiger partial charge in [0, 0.05) is 12.8 Å². The summed E-state index contributed by atoms with van der Waals surface area (Å²) in [7, 11) is 0. The fourth-order valence-electron chi connectivity index (χ4n) is 9.78. The number of carbonyl (C=O) groups is 2. The lowest BCUT2D eigenvalue weighted by Gasteiger charge is -2.22. The van der Waals surface area contributed by atoms with E-state index in [1.807, 2.05) is 0 Å². The summed E-state index contributed by atoms with van der Waals surface area (Å²) >= 11 is 0. The Bertz CT molecular complexity index is 1150. The van der Waals surface area contributed by atoms with Gasteiger partial charge in [-0.25, -0.2) is 0 Å². The van der Waals surface area contributed by atoms with Crippen molar-refractivity contribution in [1.82, 2.24) is 5.32 Å². The van der Waals surface area contributed by atoms with Gasteiger partial charge in [0.25, 0.3) is 0 Å². The zero-order valence-corrected chi connectivity index (χ0v) is 47.7. The molecule has 0 aliphatic rings. The van der Waals surface area contributed by atoms with E-state index in [0.29, 0.717) is 25.9 Å². The zero-order valence-electron chi connectivity index (χ0n) is 47.7. The summed E-state index contributed by atoms with van der Waals surface area (Å²) in [5, 5.41) is 23.3. The molecular formula is C65H123NO5. The lowest BCUT2D eigenvalue weighted by molar-refractivity contribution is -0.143. The molecule has 0 radical (unpaired) electrons. The summed E-state index contributed by atoms with van der Waals surface area (Å²) in [5.41, 5.74) is 0. The van der Waals surface area contributed by atoms with Gasteiger partial charge in [-0.15, -0.1) is 0 Å². The number of esters is 1. The van der Waals surface area contributed by atoms with Crippen LogP contribution in [0, 0.1) is 0 Å². The highest BCUT2D eigenvalue weighted by Crippen LogP contribution is 2.17. The minimum Gasteiger partial charge on any atom is -0.466 e. The molecule has 0 aliphatic heterocycles. The topological polar surface area (TPSA) is 95.9 Å². The third-order valence-corrected chi connectivity index (χ3v) is 14.7. The Labute approximate surface area is 443 Å². The Morgan fingerprint density at radius 1 is 0.394 bits per heavy atom. The van der Waals surface area contributed by atoms with Crippen molar-refractivity contribution in [3.8, 4) is 0 Å². The van der Waals surface area contributed by atoms with Gasteiger partial charge >= 0.3 is 5.97 Å². The van der Waals surface area contributed by atoms with Gasteiger partial charge in [-0.1, -0.05) is 281 Å². The number of nitrogens with one attached hydrogen (secondary N) is 1. The average Bonchev–Trinajstić information content (AvgIpc) is 3.37. The van der Waals surface area contributed by atoms with Gasteiger partial charge in [0.15, 0.2) is 0 Å². The molecule has 6 heteroatoms. The molecule has 0 aromatic rings. The van der Waals surface area contributed by atoms with Crippen LogP contribution in [0.2, 0.25) is 0 Å². The Morgan fingerprint density at radius 3 is 1.08 bits per heavy atom. The molecule has 0 spiro atoms. The van der Waals surface area contributed by atoms with Gasteiger partial charge in [0.2, 0.25) is 5.91 Å². The molecule has 71 heavy (non-hydrogen) atoms. The highest BCUT2D eigenvalue weighted by Gasteiger charge is 2.20. The van der Waals surface area contributed by atoms with E-state index < -0.39 is 12.1 Å². The zero-order chi connectivity index (χ0) is 51.4. The first-order valence-corrected chi connectivity index (χ1v) is 31.7. The van der Waals surface area contributed by atoms with E-state index in [1.165, 1.54) is 257 Å². The predicted molar refractivity (Wildman–Crippen MR) is 310 cm³/mol. The highest BCUT2D eigenvalue weighted by atomic mass is 16.5. The molecule has 0 saturated heterocycles. The third-order valence-electron chi connectivity index (χ3n) is 14.7. The molecule has 418 valence electrons. The molecule has 3 N–H and O–H groups in total. The molecule has 0 aromatic heterocycles. The van der Waals surface area contributed by atoms with Crippen molar-refractivity contribution in [2.24, 2.45) is 0 Å². The van der Waals surface area contributed by atoms with Crippen LogP contribution >= 0.6 is 0 Å². The van der Waals surface area contributed by atoms with E-state index in [-0.39, 0.29) is 18.5 Å². The van der Waals surface area contributed by atoms with Crippen LogP contribution in [0.15, 0.2) is 36.5 Å². The smallest absolute Gasteiger partial charge is 0.305 e. The van der Waals surface area contributed by atoms with Crippen LogP contribution in [0.4, 0.5) is 0 Å². The first-order chi connectivity index (χ1) is 35.0. The van der Waals surface area contributed by atoms with E-state index in [0.717, 1.165) is 51.4 Å². The van der Waals surface area contributed by atoms with Crippen molar-refractivity contribution in [3.05, 3.63) is 36.5 Å². The minimum atomic E-state index is -0.668. The van der Waals surface area contributed by atoms with Crippen molar-refractivity contribution < 1.29 is 24.5 Å². The van der Waals surface area contributed by atoms with E-state index >= 15 is 0 Å². The van der Waals surface area contributed by atoms with Gasteiger partial charge < -0.3 is 20.3 Å². The number of aliphatic hydroxyl groups excluding tert-OH is 2. The fraction of sp³-hybridized carbons (Fsp3) is 0.877. The van der Waals surface area contributed by atoms with Crippen LogP contribution in [0.25, 0.3) is 0 Å². The number of unbranched alkanes of at least 4 members (excludes halogenated alkanes) is 42. The molecule has 0 aromatic carbocycles. The molecule has 6 nitrogen and oxygen atoms in total. The van der Waals surface area contributed by atoms with Crippen LogP contribution in [0.5, 0.6) is 0 Å². The first-order valence-electron chi connectivity index (χ1n) is 31.7. The molecule has 0 bridgehead atoms. The Morgan fingerprint density at radius 2 is 0.704 bits per heavy atom. The fourth-order valence-corrected chi connectivity index (χ4v) is 9.78. The molecule has 2 unspecified atom stereocenters. The lowest BCUT2D eigenvalue weighted by Crippen LogP contribution is -2.45. The molecule has 0 rings (SSSR count). The number of carbonyl (C=O) groups excluding carboxylic acids is 2. The van der Waals surface area contributed by atoms with Crippen LogP contribution in [0.1, 0.15) is 341 Å². The molecular weight excluding hydrogens is 875 g/mol. The maximum Gasteiger partial charge on any atom is 0.305 e. The summed E-state index contributed by atoms with van der Waals surface area (Å²) in [6.45, 7) is 4.95. The van der Waals surface area contributed by atoms with Crippen LogP contribution in [-0.4, -0.2) is 47.4 Å². The number of aliphatic hydroxyl groups is 2. The molecule has 2 atom stereocenters. The largest absolute Gasteiger partial charge is 0.466 e. The van der Waals surface area contributed by atoms with Crippen molar-refractivity contribution in [2.45, 2.75) is 353 Å². The maximum atomic E-state index is 12.5. The second-order valence-electron chi connectivity index (χ2n) is 21.7. The second-order valence-corrected chi connectivity index (χ2v) is 21.7. The predicted octanol–water partition coefficient (Wildman–Crippen LogP) is 20.0. The van der Waals surface area contributed by atoms with E-state index in [9.17, 15) is 19.8 Å². The van der Waals surface area contributed by atoms with Crippen molar-refractivity contribution in [3.63, 3.8) is 0 Å². The van der Waals surface area contributed by atoms with Crippen LogP contribution in [-0.2, 0) is 14.3 Å². The quantitative estimate of drug-likeness (QED) is 0.0321. The highest BCUT2D eigenvalue weighted by molar-refractivity contribution is 5.76. The average molecular weight is 999 g/mol. The van der Waals surface area contributed by atoms with Gasteiger partial charge in [-0.05, 0) is 83.5 Å². The SMILES string of the molecule is CCCCCCC/C=C\CCCCCCCC(=O)OCCCCCCCCCCC/C=C\C/C=C\CCCCCCCCCCCC(=O)NC(CO)C(O)CCCCCCCCCCCCCCCCC. The number of amides is 1. The monoisotopic (exact) mass is 998 g/mol. The van der Waals surface area contributed by atoms with Gasteiger partial charge in [-0.3, -0.25) is 9.59 Å². The van der Waals surface area contributed by atoms with Gasteiger partial charge in [-0.2, -0.15) is 0 Å². The van der Waals surface area contributed by atoms with Crippen LogP contribution in [0.3, 0.4) is 0 Å². The number of ether oxygens (including phenoxy) is 1. The standard InChI is InChI=1S/C65H123NO5/c1-3-5-7-9-11-13-15-17-30-33-37-41-45-49-53-57-63(68)62(61-67)66-64(69)58-54-50-46-42-38-34-31-28-26-24-22-20-19-21-23-25-27-29-32-36-40-44-48-52-56-60-71-65(70)59-55-51-47-43-39-35-18-16-14-12-10-8-6-4-2/h16,18,20-23,62-63,67-68H,3-15,17,19,24-61H2,1-2H3,(H,66,69)/b18-16-,22-20-,23-21-. The Kier molecular flexibility index (Phi) is 59.0. The lowest BCUT2D eigenvalue weighted by atomic mass is 10.0. The molecule has 0 aliphatic carbocycles. The van der Waals surface area contributed by atoms with Crippen molar-refractivity contribution in [2.75, 3.05) is 13.2 Å². The van der Waals surface area contributed by atoms with Crippen molar-refractivity contribution in [1.29, 1.82) is 0 Å². The van der Waals surface area contributed by atoms with E-state index in [2.05, 4.69) is 55.6 Å². The number of rotatable bonds is 59. The molecule has 1 amide bonds. The van der Waals surface area contributed by atoms with Crippen LogP contribution < -0.4 is 5.32 Å². The molecule has 0 heterocycles. The summed E-state index contributed by atoms with van der Waals surface area (Å²) in [4.78, 5) is 24.5. The van der Waals surface area contributed by atoms with Gasteiger partial charge in [0.1, 0.15) is 0 Å².